The molecule has 0 heterocycles. The maximum atomic E-state index is 10.5. The lowest BCUT2D eigenvalue weighted by molar-refractivity contribution is -0.384. The maximum absolute atomic E-state index is 10.5. The van der Waals surface area contributed by atoms with E-state index in [1.807, 2.05) is 0 Å². The number of carboxylic acid groups (broad SMARTS) is 1. The molecule has 8 heteroatoms. The van der Waals surface area contributed by atoms with Crippen molar-refractivity contribution in [3.63, 3.8) is 0 Å². The Morgan fingerprint density at radius 2 is 1.71 bits per heavy atom. The lowest BCUT2D eigenvalue weighted by atomic mass is 10.2. The fourth-order valence-corrected chi connectivity index (χ4v) is 1.58. The summed E-state index contributed by atoms with van der Waals surface area (Å²) in [5.41, 5.74) is 5.56. The number of carboxylic acids is 1. The Balaban J connectivity index is 0.000000235. The number of nitrogens with zero attached hydrogens (tertiary/aromatic N) is 1. The first kappa shape index (κ1) is 16.7. The number of non-ortho nitro benzene ring substituents is 1. The van der Waals surface area contributed by atoms with Crippen LogP contribution in [0, 0.1) is 10.1 Å². The van der Waals surface area contributed by atoms with Crippen LogP contribution in [0.15, 0.2) is 42.5 Å². The molecule has 6 nitrogen and oxygen atoms in total. The van der Waals surface area contributed by atoms with Crippen LogP contribution in [0.25, 0.3) is 0 Å². The van der Waals surface area contributed by atoms with Crippen LogP contribution in [-0.2, 0) is 0 Å². The second kappa shape index (κ2) is 7.47. The molecular weight excluding hydrogens is 319 g/mol. The van der Waals surface area contributed by atoms with Gasteiger partial charge in [-0.3, -0.25) is 10.1 Å². The molecular formula is C13H10Cl2N2O4. The molecule has 2 rings (SSSR count). The van der Waals surface area contributed by atoms with Crippen LogP contribution in [0.1, 0.15) is 10.4 Å². The molecule has 0 amide bonds. The second-order valence-electron chi connectivity index (χ2n) is 3.78. The summed E-state index contributed by atoms with van der Waals surface area (Å²) < 4.78 is 0. The van der Waals surface area contributed by atoms with Gasteiger partial charge < -0.3 is 10.8 Å². The number of benzene rings is 2. The van der Waals surface area contributed by atoms with Gasteiger partial charge in [0.15, 0.2) is 0 Å². The summed E-state index contributed by atoms with van der Waals surface area (Å²) in [4.78, 5) is 20.1. The number of halogens is 2. The third kappa shape index (κ3) is 5.29. The molecule has 0 atom stereocenters. The van der Waals surface area contributed by atoms with Crippen LogP contribution in [0.5, 0.6) is 0 Å². The van der Waals surface area contributed by atoms with Gasteiger partial charge in [-0.2, -0.15) is 0 Å². The van der Waals surface area contributed by atoms with Gasteiger partial charge >= 0.3 is 5.97 Å². The van der Waals surface area contributed by atoms with Crippen LogP contribution in [-0.4, -0.2) is 16.0 Å². The molecule has 0 aliphatic heterocycles. The molecule has 0 radical (unpaired) electrons. The summed E-state index contributed by atoms with van der Waals surface area (Å²) in [5, 5.41) is 19.5. The Bertz CT molecular complexity index is 639. The van der Waals surface area contributed by atoms with Crippen molar-refractivity contribution in [3.05, 3.63) is 68.2 Å². The van der Waals surface area contributed by atoms with E-state index < -0.39 is 10.9 Å². The molecule has 0 unspecified atom stereocenters. The third-order valence-electron chi connectivity index (χ3n) is 2.26. The Kier molecular flexibility index (Phi) is 5.95. The van der Waals surface area contributed by atoms with Crippen molar-refractivity contribution < 1.29 is 14.8 Å². The van der Waals surface area contributed by atoms with E-state index in [0.717, 1.165) is 22.8 Å². The number of nitrogen functional groups attached to an aromatic ring is 1. The molecule has 2 aromatic carbocycles. The van der Waals surface area contributed by atoms with E-state index >= 15 is 0 Å². The average Bonchev–Trinajstić information content (AvgIpc) is 2.42. The fourth-order valence-electron chi connectivity index (χ4n) is 1.25. The summed E-state index contributed by atoms with van der Waals surface area (Å²) in [6, 6.07) is 10.3. The number of aromatic carboxylic acids is 1. The summed E-state index contributed by atoms with van der Waals surface area (Å²) >= 11 is 11.0. The average molecular weight is 329 g/mol. The number of carbonyl (C=O) groups is 1. The Hall–Kier alpha value is -2.31. The molecule has 21 heavy (non-hydrogen) atoms. The molecule has 110 valence electrons. The lowest BCUT2D eigenvalue weighted by Gasteiger charge is -1.97. The van der Waals surface area contributed by atoms with Gasteiger partial charge in [0.2, 0.25) is 0 Å². The van der Waals surface area contributed by atoms with Crippen molar-refractivity contribution in [1.29, 1.82) is 0 Å². The van der Waals surface area contributed by atoms with Crippen LogP contribution in [0.2, 0.25) is 10.0 Å². The quantitative estimate of drug-likeness (QED) is 0.494. The van der Waals surface area contributed by atoms with E-state index in [2.05, 4.69) is 0 Å². The highest BCUT2D eigenvalue weighted by Gasteiger charge is 2.14. The van der Waals surface area contributed by atoms with Crippen molar-refractivity contribution in [2.24, 2.45) is 0 Å². The lowest BCUT2D eigenvalue weighted by Crippen LogP contribution is -1.98. The van der Waals surface area contributed by atoms with Crippen LogP contribution in [0.4, 0.5) is 11.4 Å². The molecule has 0 aromatic heterocycles. The number of nitro benzene ring substituents is 1. The number of nitro groups is 1. The highest BCUT2D eigenvalue weighted by Crippen LogP contribution is 2.21. The zero-order valence-corrected chi connectivity index (χ0v) is 12.0. The molecule has 3 N–H and O–H groups in total. The molecule has 0 aliphatic carbocycles. The molecule has 0 bridgehead atoms. The fraction of sp³-hybridized carbons (Fsp3) is 0. The van der Waals surface area contributed by atoms with Crippen molar-refractivity contribution in [2.45, 2.75) is 0 Å². The van der Waals surface area contributed by atoms with Crippen molar-refractivity contribution in [2.75, 3.05) is 5.73 Å². The zero-order valence-electron chi connectivity index (χ0n) is 10.5. The monoisotopic (exact) mass is 328 g/mol. The Morgan fingerprint density at radius 3 is 2.14 bits per heavy atom. The van der Waals surface area contributed by atoms with Crippen molar-refractivity contribution in [1.82, 2.24) is 0 Å². The number of hydrogen-bond acceptors (Lipinski definition) is 4. The standard InChI is InChI=1S/C7H4ClNO4.C6H6ClN/c8-6-2-1-4(9(12)13)3-5(6)7(10)11;7-5-1-3-6(8)4-2-5/h1-3H,(H,10,11);1-4H,8H2. The summed E-state index contributed by atoms with van der Waals surface area (Å²) in [7, 11) is 0. The highest BCUT2D eigenvalue weighted by atomic mass is 35.5. The predicted octanol–water partition coefficient (Wildman–Crippen LogP) is 3.87. The molecule has 2 aromatic rings. The van der Waals surface area contributed by atoms with Gasteiger partial charge in [-0.05, 0) is 30.3 Å². The maximum Gasteiger partial charge on any atom is 0.337 e. The molecule has 0 saturated heterocycles. The minimum atomic E-state index is -1.28. The minimum absolute atomic E-state index is 0.0156. The van der Waals surface area contributed by atoms with Crippen LogP contribution < -0.4 is 5.73 Å². The van der Waals surface area contributed by atoms with Crippen LogP contribution >= 0.6 is 23.2 Å². The first-order valence-electron chi connectivity index (χ1n) is 5.49. The van der Waals surface area contributed by atoms with Gasteiger partial charge in [0.05, 0.1) is 15.5 Å². The summed E-state index contributed by atoms with van der Waals surface area (Å²) in [5.74, 6) is -1.28. The summed E-state index contributed by atoms with van der Waals surface area (Å²) in [6.45, 7) is 0. The van der Waals surface area contributed by atoms with Crippen molar-refractivity contribution >= 4 is 40.5 Å². The van der Waals surface area contributed by atoms with Gasteiger partial charge in [-0.1, -0.05) is 23.2 Å². The van der Waals surface area contributed by atoms with Crippen LogP contribution in [0.3, 0.4) is 0 Å². The molecule has 0 aliphatic rings. The van der Waals surface area contributed by atoms with E-state index in [1.165, 1.54) is 6.07 Å². The Labute approximate surface area is 129 Å². The Morgan fingerprint density at radius 1 is 1.14 bits per heavy atom. The summed E-state index contributed by atoms with van der Waals surface area (Å²) in [6.07, 6.45) is 0. The first-order valence-corrected chi connectivity index (χ1v) is 6.25. The zero-order chi connectivity index (χ0) is 16.0. The SMILES string of the molecule is Nc1ccc(Cl)cc1.O=C(O)c1cc([N+](=O)[O-])ccc1Cl. The number of hydrogen-bond donors (Lipinski definition) is 2. The molecule has 0 spiro atoms. The van der Waals surface area contributed by atoms with E-state index in [1.54, 1.807) is 24.3 Å². The van der Waals surface area contributed by atoms with E-state index in [-0.39, 0.29) is 16.3 Å². The van der Waals surface area contributed by atoms with Gasteiger partial charge in [-0.15, -0.1) is 0 Å². The van der Waals surface area contributed by atoms with Gasteiger partial charge in [0.25, 0.3) is 5.69 Å². The van der Waals surface area contributed by atoms with E-state index in [4.69, 9.17) is 34.0 Å². The molecule has 0 saturated carbocycles. The number of rotatable bonds is 2. The van der Waals surface area contributed by atoms with E-state index in [9.17, 15) is 14.9 Å². The minimum Gasteiger partial charge on any atom is -0.478 e. The topological polar surface area (TPSA) is 106 Å². The van der Waals surface area contributed by atoms with Gasteiger partial charge in [0.1, 0.15) is 0 Å². The number of anilines is 1. The van der Waals surface area contributed by atoms with Crippen molar-refractivity contribution in [3.8, 4) is 0 Å². The normalized spacial score (nSPS) is 9.43. The first-order chi connectivity index (χ1) is 9.81. The molecule has 0 fully saturated rings. The predicted molar refractivity (Wildman–Crippen MR) is 80.9 cm³/mol. The number of nitrogens with two attached hydrogens (primary N) is 1. The smallest absolute Gasteiger partial charge is 0.337 e. The van der Waals surface area contributed by atoms with Gasteiger partial charge in [-0.25, -0.2) is 4.79 Å². The highest BCUT2D eigenvalue weighted by molar-refractivity contribution is 6.33. The van der Waals surface area contributed by atoms with E-state index in [0.29, 0.717) is 0 Å². The third-order valence-corrected chi connectivity index (χ3v) is 2.84. The largest absolute Gasteiger partial charge is 0.478 e. The van der Waals surface area contributed by atoms with Gasteiger partial charge in [0, 0.05) is 22.8 Å². The second-order valence-corrected chi connectivity index (χ2v) is 4.62.